The van der Waals surface area contributed by atoms with Crippen molar-refractivity contribution in [1.29, 1.82) is 0 Å². The Hall–Kier alpha value is -2.69. The first-order valence-electron chi connectivity index (χ1n) is 8.04. The highest BCUT2D eigenvalue weighted by molar-refractivity contribution is 5.58. The molecule has 0 radical (unpaired) electrons. The van der Waals surface area contributed by atoms with Crippen LogP contribution in [-0.2, 0) is 19.4 Å². The van der Waals surface area contributed by atoms with Crippen LogP contribution in [0.3, 0.4) is 0 Å². The molecule has 0 amide bonds. The SMILES string of the molecule is c1ccc(-c2cncn2CCNc2ncnc3c2CCC3)cc1. The summed E-state index contributed by atoms with van der Waals surface area (Å²) >= 11 is 0. The molecule has 3 aromatic rings. The number of nitrogens with zero attached hydrogens (tertiary/aromatic N) is 4. The van der Waals surface area contributed by atoms with Crippen LogP contribution in [-0.4, -0.2) is 26.1 Å². The number of hydrogen-bond donors (Lipinski definition) is 1. The standard InChI is InChI=1S/C18H19N5/c1-2-5-14(6-3-1)17-11-19-13-23(17)10-9-20-18-15-7-4-8-16(15)21-12-22-18/h1-3,5-6,11-13H,4,7-10H2,(H,20,21,22). The van der Waals surface area contributed by atoms with Gasteiger partial charge in [-0.05, 0) is 24.8 Å². The number of imidazole rings is 1. The summed E-state index contributed by atoms with van der Waals surface area (Å²) in [7, 11) is 0. The van der Waals surface area contributed by atoms with Gasteiger partial charge in [0.25, 0.3) is 0 Å². The number of aryl methyl sites for hydroxylation is 1. The number of hydrogen-bond acceptors (Lipinski definition) is 4. The maximum atomic E-state index is 4.40. The third-order valence-corrected chi connectivity index (χ3v) is 4.30. The molecule has 4 rings (SSSR count). The average Bonchev–Trinajstić information content (AvgIpc) is 3.25. The van der Waals surface area contributed by atoms with Gasteiger partial charge >= 0.3 is 0 Å². The van der Waals surface area contributed by atoms with E-state index in [1.807, 2.05) is 18.6 Å². The third-order valence-electron chi connectivity index (χ3n) is 4.30. The van der Waals surface area contributed by atoms with Gasteiger partial charge in [-0.25, -0.2) is 15.0 Å². The Morgan fingerprint density at radius 1 is 1.09 bits per heavy atom. The second kappa shape index (κ2) is 6.20. The third kappa shape index (κ3) is 2.82. The predicted octanol–water partition coefficient (Wildman–Crippen LogP) is 2.94. The van der Waals surface area contributed by atoms with Crippen molar-refractivity contribution in [3.63, 3.8) is 0 Å². The van der Waals surface area contributed by atoms with E-state index >= 15 is 0 Å². The van der Waals surface area contributed by atoms with E-state index in [4.69, 9.17) is 0 Å². The minimum atomic E-state index is 0.819. The van der Waals surface area contributed by atoms with E-state index < -0.39 is 0 Å². The average molecular weight is 305 g/mol. The maximum absolute atomic E-state index is 4.40. The Kier molecular flexibility index (Phi) is 3.76. The molecule has 0 atom stereocenters. The summed E-state index contributed by atoms with van der Waals surface area (Å²) in [6.45, 7) is 1.67. The molecule has 1 aromatic carbocycles. The van der Waals surface area contributed by atoms with Crippen LogP contribution in [0.1, 0.15) is 17.7 Å². The Morgan fingerprint density at radius 2 is 2.00 bits per heavy atom. The highest BCUT2D eigenvalue weighted by Crippen LogP contribution is 2.25. The van der Waals surface area contributed by atoms with Crippen molar-refractivity contribution in [2.24, 2.45) is 0 Å². The fraction of sp³-hybridized carbons (Fsp3) is 0.278. The molecule has 2 aromatic heterocycles. The summed E-state index contributed by atoms with van der Waals surface area (Å²) in [6, 6.07) is 10.3. The molecule has 1 N–H and O–H groups in total. The van der Waals surface area contributed by atoms with Crippen molar-refractivity contribution in [1.82, 2.24) is 19.5 Å². The largest absolute Gasteiger partial charge is 0.368 e. The van der Waals surface area contributed by atoms with E-state index in [1.54, 1.807) is 6.33 Å². The van der Waals surface area contributed by atoms with E-state index in [0.717, 1.165) is 37.4 Å². The van der Waals surface area contributed by atoms with Gasteiger partial charge < -0.3 is 9.88 Å². The molecule has 1 aliphatic rings. The lowest BCUT2D eigenvalue weighted by Crippen LogP contribution is -2.13. The Balaban J connectivity index is 1.45. The topological polar surface area (TPSA) is 55.6 Å². The van der Waals surface area contributed by atoms with Crippen LogP contribution in [0.5, 0.6) is 0 Å². The maximum Gasteiger partial charge on any atom is 0.132 e. The number of nitrogens with one attached hydrogen (secondary N) is 1. The van der Waals surface area contributed by atoms with Gasteiger partial charge in [-0.1, -0.05) is 30.3 Å². The fourth-order valence-corrected chi connectivity index (χ4v) is 3.15. The summed E-state index contributed by atoms with van der Waals surface area (Å²) in [6.07, 6.45) is 8.80. The second-order valence-corrected chi connectivity index (χ2v) is 5.77. The Labute approximate surface area is 135 Å². The lowest BCUT2D eigenvalue weighted by molar-refractivity contribution is 0.730. The fourth-order valence-electron chi connectivity index (χ4n) is 3.15. The molecule has 1 aliphatic carbocycles. The molecule has 0 saturated carbocycles. The van der Waals surface area contributed by atoms with Crippen molar-refractivity contribution in [3.8, 4) is 11.3 Å². The van der Waals surface area contributed by atoms with Crippen molar-refractivity contribution >= 4 is 5.82 Å². The zero-order chi connectivity index (χ0) is 15.5. The van der Waals surface area contributed by atoms with Crippen molar-refractivity contribution in [2.75, 3.05) is 11.9 Å². The van der Waals surface area contributed by atoms with Gasteiger partial charge in [-0.15, -0.1) is 0 Å². The quantitative estimate of drug-likeness (QED) is 0.787. The molecule has 0 unspecified atom stereocenters. The van der Waals surface area contributed by atoms with E-state index in [-0.39, 0.29) is 0 Å². The van der Waals surface area contributed by atoms with Crippen LogP contribution in [0.15, 0.2) is 49.2 Å². The number of benzene rings is 1. The molecule has 0 saturated heterocycles. The van der Waals surface area contributed by atoms with Crippen LogP contribution < -0.4 is 5.32 Å². The molecular formula is C18H19N5. The lowest BCUT2D eigenvalue weighted by Gasteiger charge is -2.12. The van der Waals surface area contributed by atoms with Crippen molar-refractivity contribution in [3.05, 3.63) is 60.4 Å². The number of fused-ring (bicyclic) bond motifs is 1. The van der Waals surface area contributed by atoms with Crippen LogP contribution in [0.4, 0.5) is 5.82 Å². The Bertz CT molecular complexity index is 794. The van der Waals surface area contributed by atoms with Gasteiger partial charge in [-0.3, -0.25) is 0 Å². The highest BCUT2D eigenvalue weighted by Gasteiger charge is 2.16. The number of aromatic nitrogens is 4. The second-order valence-electron chi connectivity index (χ2n) is 5.77. The number of rotatable bonds is 5. The van der Waals surface area contributed by atoms with Gasteiger partial charge in [0.05, 0.1) is 18.2 Å². The van der Waals surface area contributed by atoms with Gasteiger partial charge in [0, 0.05) is 24.3 Å². The normalized spacial score (nSPS) is 13.0. The lowest BCUT2D eigenvalue weighted by atomic mass is 10.2. The predicted molar refractivity (Wildman–Crippen MR) is 90.2 cm³/mol. The van der Waals surface area contributed by atoms with E-state index in [0.29, 0.717) is 0 Å². The minimum absolute atomic E-state index is 0.819. The molecule has 0 fully saturated rings. The Morgan fingerprint density at radius 3 is 2.91 bits per heavy atom. The monoisotopic (exact) mass is 305 g/mol. The van der Waals surface area contributed by atoms with Crippen molar-refractivity contribution < 1.29 is 0 Å². The van der Waals surface area contributed by atoms with E-state index in [1.165, 1.54) is 23.2 Å². The molecule has 23 heavy (non-hydrogen) atoms. The molecule has 0 spiro atoms. The minimum Gasteiger partial charge on any atom is -0.368 e. The molecule has 116 valence electrons. The van der Waals surface area contributed by atoms with Crippen LogP contribution >= 0.6 is 0 Å². The van der Waals surface area contributed by atoms with Crippen LogP contribution in [0, 0.1) is 0 Å². The van der Waals surface area contributed by atoms with E-state index in [9.17, 15) is 0 Å². The van der Waals surface area contributed by atoms with Gasteiger partial charge in [0.15, 0.2) is 0 Å². The zero-order valence-corrected chi connectivity index (χ0v) is 12.9. The first-order valence-corrected chi connectivity index (χ1v) is 8.04. The van der Waals surface area contributed by atoms with Gasteiger partial charge in [-0.2, -0.15) is 0 Å². The van der Waals surface area contributed by atoms with Crippen LogP contribution in [0.25, 0.3) is 11.3 Å². The molecule has 5 heteroatoms. The summed E-state index contributed by atoms with van der Waals surface area (Å²) in [5.41, 5.74) is 4.82. The first kappa shape index (κ1) is 13.9. The first-order chi connectivity index (χ1) is 11.4. The number of anilines is 1. The van der Waals surface area contributed by atoms with Crippen molar-refractivity contribution in [2.45, 2.75) is 25.8 Å². The smallest absolute Gasteiger partial charge is 0.132 e. The van der Waals surface area contributed by atoms with Crippen LogP contribution in [0.2, 0.25) is 0 Å². The van der Waals surface area contributed by atoms with Gasteiger partial charge in [0.2, 0.25) is 0 Å². The molecule has 5 nitrogen and oxygen atoms in total. The summed E-state index contributed by atoms with van der Waals surface area (Å²) in [5.74, 6) is 0.994. The summed E-state index contributed by atoms with van der Waals surface area (Å²) in [4.78, 5) is 13.1. The molecule has 2 heterocycles. The highest BCUT2D eigenvalue weighted by atomic mass is 15.1. The summed E-state index contributed by atoms with van der Waals surface area (Å²) in [5, 5.41) is 3.46. The molecular weight excluding hydrogens is 286 g/mol. The summed E-state index contributed by atoms with van der Waals surface area (Å²) < 4.78 is 2.17. The molecule has 0 aliphatic heterocycles. The van der Waals surface area contributed by atoms with E-state index in [2.05, 4.69) is 49.1 Å². The zero-order valence-electron chi connectivity index (χ0n) is 12.9. The molecule has 0 bridgehead atoms. The van der Waals surface area contributed by atoms with Gasteiger partial charge in [0.1, 0.15) is 12.1 Å².